The van der Waals surface area contributed by atoms with Crippen molar-refractivity contribution < 1.29 is 14.4 Å². The Hall–Kier alpha value is -2.17. The van der Waals surface area contributed by atoms with Crippen molar-refractivity contribution in [2.45, 2.75) is 19.8 Å². The molecule has 1 atom stereocenters. The van der Waals surface area contributed by atoms with Crippen molar-refractivity contribution in [1.82, 2.24) is 10.6 Å². The molecule has 18 heavy (non-hydrogen) atoms. The van der Waals surface area contributed by atoms with Gasteiger partial charge in [-0.1, -0.05) is 36.8 Å². The molecule has 5 heteroatoms. The van der Waals surface area contributed by atoms with Crippen LogP contribution in [0.1, 0.15) is 24.0 Å². The number of imide groups is 2. The second-order valence-corrected chi connectivity index (χ2v) is 4.49. The fraction of sp³-hybridized carbons (Fsp3) is 0.308. The first-order valence-corrected chi connectivity index (χ1v) is 5.71. The van der Waals surface area contributed by atoms with Gasteiger partial charge in [0.05, 0.1) is 0 Å². The molecule has 1 saturated heterocycles. The first kappa shape index (κ1) is 12.3. The van der Waals surface area contributed by atoms with E-state index in [1.807, 2.05) is 31.2 Å². The van der Waals surface area contributed by atoms with Gasteiger partial charge >= 0.3 is 6.03 Å². The van der Waals surface area contributed by atoms with Gasteiger partial charge in [0.1, 0.15) is 5.92 Å². The van der Waals surface area contributed by atoms with E-state index in [2.05, 4.69) is 10.6 Å². The van der Waals surface area contributed by atoms with E-state index in [9.17, 15) is 14.4 Å². The van der Waals surface area contributed by atoms with Crippen LogP contribution in [0, 0.1) is 12.8 Å². The number of aryl methyl sites for hydroxylation is 1. The van der Waals surface area contributed by atoms with Crippen molar-refractivity contribution in [2.24, 2.45) is 5.92 Å². The summed E-state index contributed by atoms with van der Waals surface area (Å²) in [5.74, 6) is -2.24. The lowest BCUT2D eigenvalue weighted by Gasteiger charge is -2.26. The Balaban J connectivity index is 2.28. The fourth-order valence-corrected chi connectivity index (χ4v) is 2.13. The number of rotatable bonds is 2. The number of hydrogen-bond donors (Lipinski definition) is 2. The van der Waals surface area contributed by atoms with Crippen LogP contribution in [0.3, 0.4) is 0 Å². The lowest BCUT2D eigenvalue weighted by molar-refractivity contribution is -0.136. The molecule has 0 bridgehead atoms. The molecule has 1 aromatic rings. The first-order valence-electron chi connectivity index (χ1n) is 5.71. The number of carbonyl (C=O) groups is 3. The number of benzene rings is 1. The SMILES string of the molecule is Cc1cccc(C(C)C2C(=O)NC(=O)NC2=O)c1. The molecule has 2 N–H and O–H groups in total. The third-order valence-corrected chi connectivity index (χ3v) is 3.11. The van der Waals surface area contributed by atoms with Crippen LogP contribution >= 0.6 is 0 Å². The maximum absolute atomic E-state index is 11.7. The number of nitrogens with one attached hydrogen (secondary N) is 2. The van der Waals surface area contributed by atoms with E-state index in [1.54, 1.807) is 6.92 Å². The van der Waals surface area contributed by atoms with Gasteiger partial charge in [-0.25, -0.2) is 4.79 Å². The molecule has 94 valence electrons. The molecule has 1 aliphatic heterocycles. The highest BCUT2D eigenvalue weighted by atomic mass is 16.2. The van der Waals surface area contributed by atoms with Crippen molar-refractivity contribution in [3.63, 3.8) is 0 Å². The summed E-state index contributed by atoms with van der Waals surface area (Å²) in [5, 5.41) is 4.23. The lowest BCUT2D eigenvalue weighted by Crippen LogP contribution is -2.56. The summed E-state index contributed by atoms with van der Waals surface area (Å²) in [7, 11) is 0. The van der Waals surface area contributed by atoms with E-state index >= 15 is 0 Å². The van der Waals surface area contributed by atoms with Crippen molar-refractivity contribution in [1.29, 1.82) is 0 Å². The number of hydrogen-bond acceptors (Lipinski definition) is 3. The van der Waals surface area contributed by atoms with Gasteiger partial charge in [-0.15, -0.1) is 0 Å². The summed E-state index contributed by atoms with van der Waals surface area (Å²) in [6.07, 6.45) is 0. The van der Waals surface area contributed by atoms with E-state index in [1.165, 1.54) is 0 Å². The van der Waals surface area contributed by atoms with E-state index in [-0.39, 0.29) is 5.92 Å². The number of amides is 4. The Kier molecular flexibility index (Phi) is 3.14. The molecule has 1 unspecified atom stereocenters. The summed E-state index contributed by atoms with van der Waals surface area (Å²) in [4.78, 5) is 34.4. The molecule has 0 spiro atoms. The number of barbiturate groups is 1. The quantitative estimate of drug-likeness (QED) is 0.767. The Bertz CT molecular complexity index is 505. The number of carbonyl (C=O) groups excluding carboxylic acids is 3. The van der Waals surface area contributed by atoms with Crippen molar-refractivity contribution in [2.75, 3.05) is 0 Å². The molecule has 1 aromatic carbocycles. The van der Waals surface area contributed by atoms with Crippen LogP contribution in [0.15, 0.2) is 24.3 Å². The van der Waals surface area contributed by atoms with Crippen molar-refractivity contribution >= 4 is 17.8 Å². The Morgan fingerprint density at radius 2 is 1.72 bits per heavy atom. The second kappa shape index (κ2) is 4.60. The van der Waals surface area contributed by atoms with E-state index in [0.717, 1.165) is 11.1 Å². The first-order chi connectivity index (χ1) is 8.49. The van der Waals surface area contributed by atoms with E-state index in [4.69, 9.17) is 0 Å². The predicted molar refractivity (Wildman–Crippen MR) is 64.8 cm³/mol. The minimum Gasteiger partial charge on any atom is -0.277 e. The number of urea groups is 1. The Morgan fingerprint density at radius 3 is 2.28 bits per heavy atom. The maximum Gasteiger partial charge on any atom is 0.328 e. The molecule has 1 aliphatic rings. The maximum atomic E-state index is 11.7. The van der Waals surface area contributed by atoms with Crippen molar-refractivity contribution in [3.05, 3.63) is 35.4 Å². The molecular formula is C13H14N2O3. The molecule has 1 fully saturated rings. The third kappa shape index (κ3) is 2.25. The molecule has 2 rings (SSSR count). The minimum absolute atomic E-state index is 0.280. The molecule has 5 nitrogen and oxygen atoms in total. The largest absolute Gasteiger partial charge is 0.328 e. The monoisotopic (exact) mass is 246 g/mol. The highest BCUT2D eigenvalue weighted by Crippen LogP contribution is 2.26. The van der Waals surface area contributed by atoms with Gasteiger partial charge in [-0.3, -0.25) is 20.2 Å². The van der Waals surface area contributed by atoms with Crippen LogP contribution in [0.2, 0.25) is 0 Å². The van der Waals surface area contributed by atoms with E-state index < -0.39 is 23.8 Å². The summed E-state index contributed by atoms with van der Waals surface area (Å²) in [6.45, 7) is 3.75. The average Bonchev–Trinajstić information content (AvgIpc) is 2.27. The van der Waals surface area contributed by atoms with Crippen LogP contribution in [0.4, 0.5) is 4.79 Å². The van der Waals surface area contributed by atoms with Gasteiger partial charge in [-0.05, 0) is 12.5 Å². The topological polar surface area (TPSA) is 75.3 Å². The van der Waals surface area contributed by atoms with Gasteiger partial charge in [0.15, 0.2) is 0 Å². The molecule has 0 aliphatic carbocycles. The van der Waals surface area contributed by atoms with Gasteiger partial charge < -0.3 is 0 Å². The molecule has 4 amide bonds. The molecule has 0 radical (unpaired) electrons. The smallest absolute Gasteiger partial charge is 0.277 e. The molecular weight excluding hydrogens is 232 g/mol. The zero-order valence-electron chi connectivity index (χ0n) is 10.2. The molecule has 0 saturated carbocycles. The fourth-order valence-electron chi connectivity index (χ4n) is 2.13. The molecule has 1 heterocycles. The van der Waals surface area contributed by atoms with Gasteiger partial charge in [-0.2, -0.15) is 0 Å². The predicted octanol–water partition coefficient (Wildman–Crippen LogP) is 1.08. The highest BCUT2D eigenvalue weighted by molar-refractivity contribution is 6.16. The average molecular weight is 246 g/mol. The third-order valence-electron chi connectivity index (χ3n) is 3.11. The van der Waals surface area contributed by atoms with Gasteiger partial charge in [0.2, 0.25) is 11.8 Å². The van der Waals surface area contributed by atoms with Crippen LogP contribution in [0.5, 0.6) is 0 Å². The Labute approximate surface area is 105 Å². The zero-order valence-corrected chi connectivity index (χ0v) is 10.2. The summed E-state index contributed by atoms with van der Waals surface area (Å²) >= 11 is 0. The minimum atomic E-state index is -0.871. The van der Waals surface area contributed by atoms with E-state index in [0.29, 0.717) is 0 Å². The standard InChI is InChI=1S/C13H14N2O3/c1-7-4-3-5-9(6-7)8(2)10-11(16)14-13(18)15-12(10)17/h3-6,8,10H,1-2H3,(H2,14,15,16,17,18). The van der Waals surface area contributed by atoms with Gasteiger partial charge in [0.25, 0.3) is 0 Å². The normalized spacial score (nSPS) is 18.2. The lowest BCUT2D eigenvalue weighted by atomic mass is 9.85. The molecule has 0 aromatic heterocycles. The van der Waals surface area contributed by atoms with Crippen LogP contribution in [-0.2, 0) is 9.59 Å². The summed E-state index contributed by atoms with van der Waals surface area (Å²) in [5.41, 5.74) is 1.96. The van der Waals surface area contributed by atoms with Crippen molar-refractivity contribution in [3.8, 4) is 0 Å². The highest BCUT2D eigenvalue weighted by Gasteiger charge is 2.38. The van der Waals surface area contributed by atoms with Gasteiger partial charge in [0, 0.05) is 5.92 Å². The Morgan fingerprint density at radius 1 is 1.11 bits per heavy atom. The summed E-state index contributed by atoms with van der Waals surface area (Å²) in [6, 6.07) is 6.87. The summed E-state index contributed by atoms with van der Waals surface area (Å²) < 4.78 is 0. The second-order valence-electron chi connectivity index (χ2n) is 4.49. The van der Waals surface area contributed by atoms with Crippen LogP contribution in [-0.4, -0.2) is 17.8 Å². The zero-order chi connectivity index (χ0) is 13.3. The van der Waals surface area contributed by atoms with Crippen LogP contribution < -0.4 is 10.6 Å². The van der Waals surface area contributed by atoms with Crippen LogP contribution in [0.25, 0.3) is 0 Å².